The first-order valence-corrected chi connectivity index (χ1v) is 4.09. The Balaban J connectivity index is 0.000000605. The molecule has 0 bridgehead atoms. The largest absolute Gasteiger partial charge is 0.316 e. The van der Waals surface area contributed by atoms with Crippen LogP contribution in [0.1, 0.15) is 10.6 Å². The van der Waals surface area contributed by atoms with Crippen molar-refractivity contribution in [2.75, 3.05) is 6.54 Å². The summed E-state index contributed by atoms with van der Waals surface area (Å²) in [6.45, 7) is 1.85. The summed E-state index contributed by atoms with van der Waals surface area (Å²) in [5.41, 5.74) is 1.13. The van der Waals surface area contributed by atoms with Gasteiger partial charge < -0.3 is 10.3 Å². The maximum Gasteiger partial charge on any atom is 0.304 e. The quantitative estimate of drug-likeness (QED) is 0.629. The van der Waals surface area contributed by atoms with E-state index in [9.17, 15) is 4.79 Å². The molecule has 0 spiro atoms. The normalized spacial score (nSPS) is 15.3. The monoisotopic (exact) mass is 192 g/mol. The van der Waals surface area contributed by atoms with E-state index in [1.54, 1.807) is 0 Å². The van der Waals surface area contributed by atoms with E-state index in [4.69, 9.17) is 0 Å². The van der Waals surface area contributed by atoms with Crippen LogP contribution in [-0.4, -0.2) is 11.5 Å². The van der Waals surface area contributed by atoms with Crippen molar-refractivity contribution in [3.05, 3.63) is 20.2 Å². The highest BCUT2D eigenvalue weighted by molar-refractivity contribution is 7.09. The molecule has 11 heavy (non-hydrogen) atoms. The Bertz CT molecular complexity index is 267. The Morgan fingerprint density at radius 3 is 3.00 bits per heavy atom. The highest BCUT2D eigenvalue weighted by Gasteiger charge is 2.10. The van der Waals surface area contributed by atoms with E-state index in [-0.39, 0.29) is 17.3 Å². The molecule has 2 rings (SSSR count). The van der Waals surface area contributed by atoms with Crippen LogP contribution in [0.4, 0.5) is 0 Å². The van der Waals surface area contributed by atoms with Gasteiger partial charge in [0.05, 0.1) is 0 Å². The van der Waals surface area contributed by atoms with Crippen LogP contribution in [0.2, 0.25) is 0 Å². The maximum absolute atomic E-state index is 10.8. The summed E-state index contributed by atoms with van der Waals surface area (Å²) >= 11 is 1.32. The lowest BCUT2D eigenvalue weighted by atomic mass is 10.2. The number of hydrogen-bond donors (Lipinski definition) is 2. The number of thiazole rings is 1. The smallest absolute Gasteiger partial charge is 0.304 e. The zero-order chi connectivity index (χ0) is 6.97. The molecule has 0 saturated heterocycles. The van der Waals surface area contributed by atoms with Gasteiger partial charge in [0, 0.05) is 30.1 Å². The van der Waals surface area contributed by atoms with Crippen LogP contribution in [0.5, 0.6) is 0 Å². The molecule has 0 aromatic carbocycles. The SMILES string of the molecule is Cl.O=c1[nH]c2c(s1)CNCC2. The van der Waals surface area contributed by atoms with Crippen LogP contribution in [0.3, 0.4) is 0 Å². The third kappa shape index (κ3) is 1.64. The molecule has 2 heterocycles. The highest BCUT2D eigenvalue weighted by atomic mass is 35.5. The number of aromatic nitrogens is 1. The summed E-state index contributed by atoms with van der Waals surface area (Å²) in [6.07, 6.45) is 0.966. The molecule has 2 N–H and O–H groups in total. The fourth-order valence-electron chi connectivity index (χ4n) is 1.15. The van der Waals surface area contributed by atoms with Crippen molar-refractivity contribution in [2.45, 2.75) is 13.0 Å². The summed E-state index contributed by atoms with van der Waals surface area (Å²) in [7, 11) is 0. The molecule has 0 saturated carbocycles. The number of hydrogen-bond acceptors (Lipinski definition) is 3. The van der Waals surface area contributed by atoms with Crippen molar-refractivity contribution in [1.82, 2.24) is 10.3 Å². The van der Waals surface area contributed by atoms with Gasteiger partial charge in [-0.3, -0.25) is 4.79 Å². The van der Waals surface area contributed by atoms with Crippen molar-refractivity contribution in [3.8, 4) is 0 Å². The Morgan fingerprint density at radius 2 is 2.27 bits per heavy atom. The number of rotatable bonds is 0. The van der Waals surface area contributed by atoms with Crippen LogP contribution in [0, 0.1) is 0 Å². The van der Waals surface area contributed by atoms with Crippen molar-refractivity contribution in [1.29, 1.82) is 0 Å². The molecule has 3 nitrogen and oxygen atoms in total. The van der Waals surface area contributed by atoms with E-state index in [0.29, 0.717) is 0 Å². The molecule has 0 atom stereocenters. The summed E-state index contributed by atoms with van der Waals surface area (Å²) in [4.78, 5) is 14.9. The van der Waals surface area contributed by atoms with E-state index < -0.39 is 0 Å². The van der Waals surface area contributed by atoms with Gasteiger partial charge in [0.1, 0.15) is 0 Å². The topological polar surface area (TPSA) is 44.9 Å². The first-order valence-electron chi connectivity index (χ1n) is 3.28. The van der Waals surface area contributed by atoms with Gasteiger partial charge in [-0.2, -0.15) is 0 Å². The van der Waals surface area contributed by atoms with Crippen LogP contribution in [-0.2, 0) is 13.0 Å². The Kier molecular flexibility index (Phi) is 2.70. The van der Waals surface area contributed by atoms with Gasteiger partial charge >= 0.3 is 4.87 Å². The summed E-state index contributed by atoms with van der Waals surface area (Å²) in [5.74, 6) is 0. The molecule has 0 fully saturated rings. The minimum Gasteiger partial charge on any atom is -0.316 e. The first kappa shape index (κ1) is 8.77. The molecule has 0 radical (unpaired) electrons. The third-order valence-corrected chi connectivity index (χ3v) is 2.57. The van der Waals surface area contributed by atoms with Gasteiger partial charge in [0.25, 0.3) is 0 Å². The molecular formula is C6H9ClN2OS. The summed E-state index contributed by atoms with van der Waals surface area (Å²) in [5, 5.41) is 3.21. The minimum absolute atomic E-state index is 0. The molecule has 5 heteroatoms. The van der Waals surface area contributed by atoms with E-state index in [1.165, 1.54) is 16.2 Å². The van der Waals surface area contributed by atoms with E-state index >= 15 is 0 Å². The zero-order valence-corrected chi connectivity index (χ0v) is 7.48. The summed E-state index contributed by atoms with van der Waals surface area (Å²) in [6, 6.07) is 0. The summed E-state index contributed by atoms with van der Waals surface area (Å²) < 4.78 is 0. The molecule has 62 valence electrons. The second-order valence-corrected chi connectivity index (χ2v) is 3.41. The van der Waals surface area contributed by atoms with E-state index in [2.05, 4.69) is 10.3 Å². The predicted octanol–water partition coefficient (Wildman–Crippen LogP) is 0.504. The lowest BCUT2D eigenvalue weighted by Gasteiger charge is -2.09. The van der Waals surface area contributed by atoms with Crippen LogP contribution < -0.4 is 10.2 Å². The molecule has 1 aliphatic heterocycles. The second kappa shape index (κ2) is 3.38. The van der Waals surface area contributed by atoms with E-state index in [0.717, 1.165) is 25.2 Å². The minimum atomic E-state index is 0. The second-order valence-electron chi connectivity index (χ2n) is 2.34. The van der Waals surface area contributed by atoms with Crippen LogP contribution in [0.25, 0.3) is 0 Å². The number of fused-ring (bicyclic) bond motifs is 1. The number of halogens is 1. The Labute approximate surface area is 74.2 Å². The lowest BCUT2D eigenvalue weighted by molar-refractivity contribution is 0.643. The van der Waals surface area contributed by atoms with Gasteiger partial charge in [-0.15, -0.1) is 12.4 Å². The Morgan fingerprint density at radius 1 is 1.45 bits per heavy atom. The number of H-pyrrole nitrogens is 1. The van der Waals surface area contributed by atoms with Crippen molar-refractivity contribution in [2.24, 2.45) is 0 Å². The number of aromatic amines is 1. The van der Waals surface area contributed by atoms with Crippen LogP contribution in [0.15, 0.2) is 4.79 Å². The predicted molar refractivity (Wildman–Crippen MR) is 47.6 cm³/mol. The molecule has 0 amide bonds. The first-order chi connectivity index (χ1) is 4.86. The third-order valence-electron chi connectivity index (χ3n) is 1.64. The van der Waals surface area contributed by atoms with Crippen molar-refractivity contribution < 1.29 is 0 Å². The van der Waals surface area contributed by atoms with Gasteiger partial charge in [-0.25, -0.2) is 0 Å². The molecule has 1 aromatic heterocycles. The van der Waals surface area contributed by atoms with Crippen LogP contribution >= 0.6 is 23.7 Å². The molecule has 0 aliphatic carbocycles. The van der Waals surface area contributed by atoms with Gasteiger partial charge in [0.15, 0.2) is 0 Å². The molecule has 1 aromatic rings. The fraction of sp³-hybridized carbons (Fsp3) is 0.500. The highest BCUT2D eigenvalue weighted by Crippen LogP contribution is 2.12. The van der Waals surface area contributed by atoms with Gasteiger partial charge in [-0.1, -0.05) is 11.3 Å². The van der Waals surface area contributed by atoms with Gasteiger partial charge in [0.2, 0.25) is 0 Å². The molecule has 0 unspecified atom stereocenters. The average Bonchev–Trinajstić information content (AvgIpc) is 2.27. The Hall–Kier alpha value is -0.320. The zero-order valence-electron chi connectivity index (χ0n) is 5.85. The van der Waals surface area contributed by atoms with Crippen molar-refractivity contribution in [3.63, 3.8) is 0 Å². The molecule has 1 aliphatic rings. The van der Waals surface area contributed by atoms with E-state index in [1.807, 2.05) is 0 Å². The lowest BCUT2D eigenvalue weighted by Crippen LogP contribution is -2.22. The fourth-order valence-corrected chi connectivity index (χ4v) is 2.00. The maximum atomic E-state index is 10.8. The van der Waals surface area contributed by atoms with Gasteiger partial charge in [-0.05, 0) is 0 Å². The number of nitrogens with one attached hydrogen (secondary N) is 2. The van der Waals surface area contributed by atoms with Crippen molar-refractivity contribution >= 4 is 23.7 Å². The average molecular weight is 193 g/mol. The molecular weight excluding hydrogens is 184 g/mol. The standard InChI is InChI=1S/C6H8N2OS.ClH/c9-6-8-4-1-2-7-3-5(4)10-6;/h7H,1-3H2,(H,8,9);1H.